The van der Waals surface area contributed by atoms with Crippen molar-refractivity contribution in [3.05, 3.63) is 41.6 Å². The quantitative estimate of drug-likeness (QED) is 0.578. The summed E-state index contributed by atoms with van der Waals surface area (Å²) in [6, 6.07) is 3.59. The minimum Gasteiger partial charge on any atom is -0.397 e. The van der Waals surface area contributed by atoms with E-state index in [2.05, 4.69) is 15.0 Å². The van der Waals surface area contributed by atoms with Gasteiger partial charge in [-0.15, -0.1) is 0 Å². The van der Waals surface area contributed by atoms with Crippen molar-refractivity contribution in [1.82, 2.24) is 19.5 Å². The number of nitrogens with two attached hydrogens (primary N) is 1. The van der Waals surface area contributed by atoms with Crippen LogP contribution in [0.3, 0.4) is 0 Å². The largest absolute Gasteiger partial charge is 0.397 e. The molecule has 0 saturated carbocycles. The molecule has 2 heterocycles. The fraction of sp³-hybridized carbons (Fsp3) is 0.267. The molecule has 0 spiro atoms. The number of hydrogen-bond acceptors (Lipinski definition) is 5. The summed E-state index contributed by atoms with van der Waals surface area (Å²) in [6.07, 6.45) is 5.78. The van der Waals surface area contributed by atoms with Crippen LogP contribution >= 0.6 is 11.6 Å². The van der Waals surface area contributed by atoms with Gasteiger partial charge in [-0.25, -0.2) is 15.0 Å². The van der Waals surface area contributed by atoms with E-state index in [1.165, 1.54) is 0 Å². The second kappa shape index (κ2) is 6.29. The topological polar surface area (TPSA) is 78.8 Å². The third-order valence-corrected chi connectivity index (χ3v) is 3.67. The molecule has 22 heavy (non-hydrogen) atoms. The lowest BCUT2D eigenvalue weighted by Crippen LogP contribution is -2.08. The molecule has 0 radical (unpaired) electrons. The monoisotopic (exact) mass is 317 g/mol. The van der Waals surface area contributed by atoms with E-state index < -0.39 is 0 Å². The Hall–Kier alpha value is -2.18. The first-order valence-electron chi connectivity index (χ1n) is 7.01. The molecule has 0 saturated heterocycles. The van der Waals surface area contributed by atoms with Crippen LogP contribution in [0.15, 0.2) is 30.9 Å². The molecule has 0 aliphatic carbocycles. The summed E-state index contributed by atoms with van der Waals surface area (Å²) in [6.45, 7) is 3.19. The molecular formula is C15H16ClN5O. The third kappa shape index (κ3) is 2.75. The van der Waals surface area contributed by atoms with E-state index in [1.54, 1.807) is 29.4 Å². The summed E-state index contributed by atoms with van der Waals surface area (Å²) in [4.78, 5) is 13.2. The average molecular weight is 318 g/mol. The molecule has 0 unspecified atom stereocenters. The molecule has 2 N–H and O–H groups in total. The lowest BCUT2D eigenvalue weighted by Gasteiger charge is -2.11. The number of nitrogens with zero attached hydrogens (tertiary/aromatic N) is 4. The van der Waals surface area contributed by atoms with Gasteiger partial charge >= 0.3 is 0 Å². The van der Waals surface area contributed by atoms with Gasteiger partial charge in [-0.3, -0.25) is 4.57 Å². The van der Waals surface area contributed by atoms with E-state index >= 15 is 0 Å². The molecule has 6 nitrogen and oxygen atoms in total. The number of aromatic nitrogens is 4. The highest BCUT2D eigenvalue weighted by Crippen LogP contribution is 2.30. The van der Waals surface area contributed by atoms with Crippen LogP contribution in [-0.4, -0.2) is 32.7 Å². The number of hydrogen-bond donors (Lipinski definition) is 1. The Kier molecular flexibility index (Phi) is 4.22. The number of rotatable bonds is 5. The molecule has 0 aliphatic rings. The van der Waals surface area contributed by atoms with Gasteiger partial charge in [-0.2, -0.15) is 0 Å². The molecular weight excluding hydrogens is 302 g/mol. The molecule has 114 valence electrons. The number of ether oxygens (including phenoxy) is 1. The Morgan fingerprint density at radius 3 is 2.91 bits per heavy atom. The first-order chi connectivity index (χ1) is 10.7. The molecule has 3 aromatic rings. The molecule has 2 aromatic heterocycles. The predicted octanol–water partition coefficient (Wildman–Crippen LogP) is 2.63. The summed E-state index contributed by atoms with van der Waals surface area (Å²) >= 11 is 6.13. The van der Waals surface area contributed by atoms with E-state index in [0.717, 1.165) is 16.6 Å². The lowest BCUT2D eigenvalue weighted by molar-refractivity contribution is 0.150. The zero-order valence-electron chi connectivity index (χ0n) is 12.2. The van der Waals surface area contributed by atoms with Crippen molar-refractivity contribution in [2.45, 2.75) is 13.3 Å². The average Bonchev–Trinajstić information content (AvgIpc) is 3.05. The van der Waals surface area contributed by atoms with Gasteiger partial charge in [0.05, 0.1) is 28.5 Å². The van der Waals surface area contributed by atoms with Gasteiger partial charge in [0.1, 0.15) is 6.33 Å². The first-order valence-corrected chi connectivity index (χ1v) is 7.39. The Balaban J connectivity index is 2.15. The van der Waals surface area contributed by atoms with Crippen molar-refractivity contribution in [3.63, 3.8) is 0 Å². The summed E-state index contributed by atoms with van der Waals surface area (Å²) < 4.78 is 7.19. The molecule has 0 atom stereocenters. The first kappa shape index (κ1) is 14.7. The fourth-order valence-electron chi connectivity index (χ4n) is 2.28. The smallest absolute Gasteiger partial charge is 0.235 e. The van der Waals surface area contributed by atoms with Crippen molar-refractivity contribution < 1.29 is 4.74 Å². The summed E-state index contributed by atoms with van der Waals surface area (Å²) in [5.74, 6) is 0.554. The zero-order valence-corrected chi connectivity index (χ0v) is 12.9. The lowest BCUT2D eigenvalue weighted by atomic mass is 10.1. The fourth-order valence-corrected chi connectivity index (χ4v) is 2.43. The van der Waals surface area contributed by atoms with Crippen molar-refractivity contribution >= 4 is 28.2 Å². The van der Waals surface area contributed by atoms with Crippen LogP contribution in [0.25, 0.3) is 16.9 Å². The number of imidazole rings is 1. The molecule has 0 bridgehead atoms. The minimum atomic E-state index is 0.503. The van der Waals surface area contributed by atoms with E-state index in [-0.39, 0.29) is 0 Å². The molecule has 0 aliphatic heterocycles. The normalized spacial score (nSPS) is 11.2. The van der Waals surface area contributed by atoms with Gasteiger partial charge in [-0.1, -0.05) is 11.6 Å². The highest BCUT2D eigenvalue weighted by molar-refractivity contribution is 6.34. The van der Waals surface area contributed by atoms with Crippen LogP contribution < -0.4 is 5.73 Å². The van der Waals surface area contributed by atoms with Gasteiger partial charge in [-0.05, 0) is 19.1 Å². The van der Waals surface area contributed by atoms with Crippen molar-refractivity contribution in [2.24, 2.45) is 0 Å². The van der Waals surface area contributed by atoms with Crippen LogP contribution in [-0.2, 0) is 11.2 Å². The number of anilines is 1. The van der Waals surface area contributed by atoms with Gasteiger partial charge < -0.3 is 10.5 Å². The molecule has 3 rings (SSSR count). The van der Waals surface area contributed by atoms with Crippen LogP contribution in [0.4, 0.5) is 5.69 Å². The summed E-state index contributed by atoms with van der Waals surface area (Å²) in [5, 5.41) is 1.29. The zero-order chi connectivity index (χ0) is 15.5. The SMILES string of the molecule is CCOCCc1nc(-n2ccnc2)nc2ccc(Cl)c(N)c12. The van der Waals surface area contributed by atoms with Gasteiger partial charge in [0.25, 0.3) is 0 Å². The van der Waals surface area contributed by atoms with E-state index in [9.17, 15) is 0 Å². The third-order valence-electron chi connectivity index (χ3n) is 3.34. The van der Waals surface area contributed by atoms with Crippen molar-refractivity contribution in [3.8, 4) is 5.95 Å². The highest BCUT2D eigenvalue weighted by atomic mass is 35.5. The van der Waals surface area contributed by atoms with Crippen LogP contribution in [0, 0.1) is 0 Å². The van der Waals surface area contributed by atoms with Gasteiger partial charge in [0.2, 0.25) is 5.95 Å². The predicted molar refractivity (Wildman–Crippen MR) is 86.3 cm³/mol. The summed E-state index contributed by atoms with van der Waals surface area (Å²) in [7, 11) is 0. The maximum atomic E-state index is 6.13. The van der Waals surface area contributed by atoms with E-state index in [0.29, 0.717) is 36.3 Å². The van der Waals surface area contributed by atoms with Crippen LogP contribution in [0.2, 0.25) is 5.02 Å². The molecule has 1 aromatic carbocycles. The van der Waals surface area contributed by atoms with Crippen LogP contribution in [0.5, 0.6) is 0 Å². The Labute approximate surface area is 132 Å². The standard InChI is InChI=1S/C15H16ClN5O/c1-2-22-8-5-12-13-11(4-3-10(16)14(13)17)19-15(20-12)21-7-6-18-9-21/h3-4,6-7,9H,2,5,8,17H2,1H3. The van der Waals surface area contributed by atoms with Gasteiger partial charge in [0, 0.05) is 30.8 Å². The maximum Gasteiger partial charge on any atom is 0.235 e. The molecule has 0 fully saturated rings. The van der Waals surface area contributed by atoms with Crippen molar-refractivity contribution in [2.75, 3.05) is 18.9 Å². The minimum absolute atomic E-state index is 0.503. The second-order valence-corrected chi connectivity index (χ2v) is 5.15. The van der Waals surface area contributed by atoms with Crippen LogP contribution in [0.1, 0.15) is 12.6 Å². The Bertz CT molecular complexity index is 788. The summed E-state index contributed by atoms with van der Waals surface area (Å²) in [5.41, 5.74) is 8.20. The van der Waals surface area contributed by atoms with Gasteiger partial charge in [0.15, 0.2) is 0 Å². The highest BCUT2D eigenvalue weighted by Gasteiger charge is 2.13. The number of fused-ring (bicyclic) bond motifs is 1. The Morgan fingerprint density at radius 1 is 1.32 bits per heavy atom. The molecule has 0 amide bonds. The molecule has 7 heteroatoms. The number of halogens is 1. The Morgan fingerprint density at radius 2 is 2.18 bits per heavy atom. The second-order valence-electron chi connectivity index (χ2n) is 4.74. The van der Waals surface area contributed by atoms with E-state index in [1.807, 2.05) is 13.0 Å². The van der Waals surface area contributed by atoms with Crippen molar-refractivity contribution in [1.29, 1.82) is 0 Å². The number of nitrogen functional groups attached to an aromatic ring is 1. The maximum absolute atomic E-state index is 6.13. The van der Waals surface area contributed by atoms with E-state index in [4.69, 9.17) is 22.1 Å². The number of benzene rings is 1.